The molecule has 2 atom stereocenters. The fourth-order valence-corrected chi connectivity index (χ4v) is 4.82. The first kappa shape index (κ1) is 28.0. The number of benzene rings is 4. The Morgan fingerprint density at radius 2 is 1.71 bits per heavy atom. The lowest BCUT2D eigenvalue weighted by molar-refractivity contribution is 0.0858. The molecule has 5 rings (SSSR count). The van der Waals surface area contributed by atoms with Crippen LogP contribution >= 0.6 is 0 Å². The monoisotopic (exact) mass is 555 g/mol. The SMILES string of the molecule is CC(=Nc1ccc2c(c1)[C@@H](NC(=O)c1ccc(-c3ccccc3)cc1)[C@H](O)C2)N(C)CCOc1ccc(F)c(F)c1. The predicted molar refractivity (Wildman–Crippen MR) is 155 cm³/mol. The van der Waals surface area contributed by atoms with Crippen LogP contribution in [0.1, 0.15) is 34.5 Å². The van der Waals surface area contributed by atoms with Crippen LogP contribution in [0.4, 0.5) is 14.5 Å². The molecule has 8 heteroatoms. The molecule has 41 heavy (non-hydrogen) atoms. The molecule has 210 valence electrons. The first-order valence-corrected chi connectivity index (χ1v) is 13.4. The molecule has 6 nitrogen and oxygen atoms in total. The van der Waals surface area contributed by atoms with E-state index in [-0.39, 0.29) is 18.3 Å². The number of amidine groups is 1. The van der Waals surface area contributed by atoms with E-state index in [0.717, 1.165) is 40.2 Å². The van der Waals surface area contributed by atoms with Crippen molar-refractivity contribution in [3.05, 3.63) is 119 Å². The zero-order valence-corrected chi connectivity index (χ0v) is 22.9. The minimum absolute atomic E-state index is 0.254. The Hall–Kier alpha value is -4.56. The Morgan fingerprint density at radius 3 is 2.44 bits per heavy atom. The van der Waals surface area contributed by atoms with Crippen molar-refractivity contribution < 1.29 is 23.4 Å². The number of aliphatic imine (C=N–C) groups is 1. The van der Waals surface area contributed by atoms with Crippen molar-refractivity contribution in [2.24, 2.45) is 4.99 Å². The molecule has 0 saturated carbocycles. The number of hydrogen-bond acceptors (Lipinski definition) is 4. The molecule has 0 unspecified atom stereocenters. The second kappa shape index (κ2) is 12.3. The van der Waals surface area contributed by atoms with Crippen LogP contribution in [0.3, 0.4) is 0 Å². The van der Waals surface area contributed by atoms with E-state index in [0.29, 0.717) is 24.2 Å². The molecule has 1 amide bonds. The van der Waals surface area contributed by atoms with Gasteiger partial charge in [0.1, 0.15) is 18.2 Å². The molecule has 0 bridgehead atoms. The van der Waals surface area contributed by atoms with Crippen molar-refractivity contribution >= 4 is 17.4 Å². The van der Waals surface area contributed by atoms with E-state index in [1.165, 1.54) is 6.07 Å². The van der Waals surface area contributed by atoms with Gasteiger partial charge in [-0.1, -0.05) is 48.5 Å². The van der Waals surface area contributed by atoms with Crippen LogP contribution in [0.2, 0.25) is 0 Å². The number of carbonyl (C=O) groups excluding carboxylic acids is 1. The van der Waals surface area contributed by atoms with Crippen LogP contribution in [-0.2, 0) is 6.42 Å². The van der Waals surface area contributed by atoms with E-state index in [2.05, 4.69) is 5.32 Å². The molecule has 0 fully saturated rings. The predicted octanol–water partition coefficient (Wildman–Crippen LogP) is 6.08. The second-order valence-electron chi connectivity index (χ2n) is 10.1. The fraction of sp³-hybridized carbons (Fsp3) is 0.212. The number of aliphatic hydroxyl groups is 1. The number of rotatable bonds is 8. The van der Waals surface area contributed by atoms with E-state index in [4.69, 9.17) is 9.73 Å². The minimum Gasteiger partial charge on any atom is -0.492 e. The van der Waals surface area contributed by atoms with Gasteiger partial charge in [0.05, 0.1) is 24.4 Å². The lowest BCUT2D eigenvalue weighted by atomic mass is 10.0. The quantitative estimate of drug-likeness (QED) is 0.204. The first-order valence-electron chi connectivity index (χ1n) is 13.4. The van der Waals surface area contributed by atoms with Gasteiger partial charge in [0.15, 0.2) is 11.6 Å². The summed E-state index contributed by atoms with van der Waals surface area (Å²) >= 11 is 0. The van der Waals surface area contributed by atoms with Crippen molar-refractivity contribution in [3.63, 3.8) is 0 Å². The Kier molecular flexibility index (Phi) is 8.40. The van der Waals surface area contributed by atoms with Crippen molar-refractivity contribution in [1.29, 1.82) is 0 Å². The number of fused-ring (bicyclic) bond motifs is 1. The molecule has 4 aromatic rings. The van der Waals surface area contributed by atoms with Gasteiger partial charge in [0.2, 0.25) is 0 Å². The van der Waals surface area contributed by atoms with Gasteiger partial charge in [0.25, 0.3) is 5.91 Å². The van der Waals surface area contributed by atoms with Crippen LogP contribution in [0.15, 0.2) is 96.0 Å². The summed E-state index contributed by atoms with van der Waals surface area (Å²) in [5.41, 5.74) is 5.10. The highest BCUT2D eigenvalue weighted by Gasteiger charge is 2.32. The lowest BCUT2D eigenvalue weighted by Gasteiger charge is -2.20. The lowest BCUT2D eigenvalue weighted by Crippen LogP contribution is -2.33. The third kappa shape index (κ3) is 6.61. The molecule has 0 saturated heterocycles. The van der Waals surface area contributed by atoms with Crippen molar-refractivity contribution in [3.8, 4) is 16.9 Å². The molecule has 0 spiro atoms. The maximum atomic E-state index is 13.4. The van der Waals surface area contributed by atoms with Gasteiger partial charge in [-0.05, 0) is 65.6 Å². The second-order valence-corrected chi connectivity index (χ2v) is 10.1. The summed E-state index contributed by atoms with van der Waals surface area (Å²) in [6, 6.07) is 25.9. The molecule has 4 aromatic carbocycles. The van der Waals surface area contributed by atoms with Crippen LogP contribution in [0.25, 0.3) is 11.1 Å². The molecule has 0 aromatic heterocycles. The van der Waals surface area contributed by atoms with Gasteiger partial charge in [0, 0.05) is 25.1 Å². The Morgan fingerprint density at radius 1 is 0.976 bits per heavy atom. The molecule has 2 N–H and O–H groups in total. The summed E-state index contributed by atoms with van der Waals surface area (Å²) in [6.45, 7) is 2.59. The summed E-state index contributed by atoms with van der Waals surface area (Å²) in [5.74, 6) is -1.16. The normalized spacial score (nSPS) is 16.3. The molecule has 0 heterocycles. The highest BCUT2D eigenvalue weighted by Crippen LogP contribution is 2.35. The van der Waals surface area contributed by atoms with E-state index >= 15 is 0 Å². The van der Waals surface area contributed by atoms with Gasteiger partial charge < -0.3 is 20.1 Å². The smallest absolute Gasteiger partial charge is 0.251 e. The number of ether oxygens (including phenoxy) is 1. The van der Waals surface area contributed by atoms with Gasteiger partial charge >= 0.3 is 0 Å². The average Bonchev–Trinajstić information content (AvgIpc) is 3.29. The summed E-state index contributed by atoms with van der Waals surface area (Å²) < 4.78 is 32.0. The van der Waals surface area contributed by atoms with E-state index in [1.807, 2.05) is 79.5 Å². The Labute approximate surface area is 237 Å². The maximum Gasteiger partial charge on any atom is 0.251 e. The molecule has 0 aliphatic heterocycles. The highest BCUT2D eigenvalue weighted by atomic mass is 19.2. The molecule has 1 aliphatic carbocycles. The third-order valence-electron chi connectivity index (χ3n) is 7.25. The van der Waals surface area contributed by atoms with Crippen LogP contribution in [-0.4, -0.2) is 48.1 Å². The molecular formula is C33H31F2N3O3. The van der Waals surface area contributed by atoms with Gasteiger partial charge in [-0.15, -0.1) is 0 Å². The topological polar surface area (TPSA) is 74.2 Å². The van der Waals surface area contributed by atoms with Crippen molar-refractivity contribution in [2.45, 2.75) is 25.5 Å². The van der Waals surface area contributed by atoms with Crippen LogP contribution < -0.4 is 10.1 Å². The van der Waals surface area contributed by atoms with E-state index < -0.39 is 23.8 Å². The number of amides is 1. The van der Waals surface area contributed by atoms with E-state index in [1.54, 1.807) is 12.1 Å². The number of carbonyl (C=O) groups is 1. The zero-order chi connectivity index (χ0) is 28.9. The average molecular weight is 556 g/mol. The van der Waals surface area contributed by atoms with Crippen molar-refractivity contribution in [2.75, 3.05) is 20.2 Å². The first-order chi connectivity index (χ1) is 19.8. The van der Waals surface area contributed by atoms with Crippen molar-refractivity contribution in [1.82, 2.24) is 10.2 Å². The number of nitrogens with one attached hydrogen (secondary N) is 1. The Balaban J connectivity index is 1.23. The van der Waals surface area contributed by atoms with E-state index in [9.17, 15) is 18.7 Å². The number of halogens is 2. The molecule has 1 aliphatic rings. The number of nitrogens with zero attached hydrogens (tertiary/aromatic N) is 2. The standard InChI is InChI=1S/C33H31F2N3O3/c1-21(38(2)16-17-41-27-14-15-29(34)30(35)20-27)36-26-13-12-25-18-31(39)32(28(25)19-26)37-33(40)24-10-8-23(9-11-24)22-6-4-3-5-7-22/h3-15,19-20,31-32,39H,16-18H2,1-2H3,(H,37,40)/t31-,32-/m1/s1. The Bertz CT molecular complexity index is 1560. The number of hydrogen-bond donors (Lipinski definition) is 2. The minimum atomic E-state index is -0.953. The summed E-state index contributed by atoms with van der Waals surface area (Å²) in [6.07, 6.45) is -0.300. The summed E-state index contributed by atoms with van der Waals surface area (Å²) in [5, 5.41) is 13.8. The maximum absolute atomic E-state index is 13.4. The number of likely N-dealkylation sites (N-methyl/N-ethyl adjacent to an activating group) is 1. The summed E-state index contributed by atoms with van der Waals surface area (Å²) in [7, 11) is 1.86. The van der Waals surface area contributed by atoms with Crippen LogP contribution in [0, 0.1) is 11.6 Å². The number of aliphatic hydroxyl groups excluding tert-OH is 1. The van der Waals surface area contributed by atoms with Gasteiger partial charge in [-0.3, -0.25) is 4.79 Å². The third-order valence-corrected chi connectivity index (χ3v) is 7.25. The largest absolute Gasteiger partial charge is 0.492 e. The molecule has 0 radical (unpaired) electrons. The van der Waals surface area contributed by atoms with Gasteiger partial charge in [-0.25, -0.2) is 13.8 Å². The zero-order valence-electron chi connectivity index (χ0n) is 22.9. The van der Waals surface area contributed by atoms with Gasteiger partial charge in [-0.2, -0.15) is 0 Å². The summed E-state index contributed by atoms with van der Waals surface area (Å²) in [4.78, 5) is 19.7. The fourth-order valence-electron chi connectivity index (χ4n) is 4.82. The highest BCUT2D eigenvalue weighted by molar-refractivity contribution is 5.95. The molecular weight excluding hydrogens is 524 g/mol. The van der Waals surface area contributed by atoms with Crippen LogP contribution in [0.5, 0.6) is 5.75 Å².